The highest BCUT2D eigenvalue weighted by Gasteiger charge is 2.42. The highest BCUT2D eigenvalue weighted by Crippen LogP contribution is 2.38. The number of aldehydes is 1. The average molecular weight is 417 g/mol. The molecule has 2 unspecified atom stereocenters. The molecule has 0 spiro atoms. The van der Waals surface area contributed by atoms with Crippen LogP contribution in [0.1, 0.15) is 57.6 Å². The first-order chi connectivity index (χ1) is 13.8. The lowest BCUT2D eigenvalue weighted by Gasteiger charge is -2.33. The summed E-state index contributed by atoms with van der Waals surface area (Å²) in [4.78, 5) is 12.4. The van der Waals surface area contributed by atoms with E-state index in [1.807, 2.05) is 44.2 Å². The second-order valence-corrected chi connectivity index (χ2v) is 9.87. The van der Waals surface area contributed by atoms with Crippen molar-refractivity contribution in [1.29, 1.82) is 0 Å². The number of hydrogen-bond donors (Lipinski definition) is 0. The average Bonchev–Trinajstić information content (AvgIpc) is 2.75. The van der Waals surface area contributed by atoms with E-state index in [-0.39, 0.29) is 4.90 Å². The zero-order chi connectivity index (χ0) is 21.5. The van der Waals surface area contributed by atoms with Gasteiger partial charge in [-0.1, -0.05) is 57.0 Å². The molecule has 0 aromatic heterocycles. The van der Waals surface area contributed by atoms with Crippen molar-refractivity contribution in [2.45, 2.75) is 63.0 Å². The van der Waals surface area contributed by atoms with Gasteiger partial charge in [0.05, 0.1) is 17.3 Å². The number of carbonyl (C=O) groups is 1. The van der Waals surface area contributed by atoms with Gasteiger partial charge in [0, 0.05) is 5.41 Å². The molecule has 0 saturated carbocycles. The Labute approximate surface area is 175 Å². The summed E-state index contributed by atoms with van der Waals surface area (Å²) in [5.41, 5.74) is 0.834. The maximum atomic E-state index is 13.7. The summed E-state index contributed by atoms with van der Waals surface area (Å²) in [5.74, 6) is 0.616. The van der Waals surface area contributed by atoms with Crippen molar-refractivity contribution >= 4 is 16.1 Å². The van der Waals surface area contributed by atoms with Crippen molar-refractivity contribution in [2.24, 2.45) is 5.41 Å². The first-order valence-corrected chi connectivity index (χ1v) is 11.8. The van der Waals surface area contributed by atoms with Gasteiger partial charge in [-0.3, -0.25) is 0 Å². The van der Waals surface area contributed by atoms with E-state index in [2.05, 4.69) is 0 Å². The van der Waals surface area contributed by atoms with Gasteiger partial charge in [0.2, 0.25) is 0 Å². The van der Waals surface area contributed by atoms with Gasteiger partial charge in [0.15, 0.2) is 9.84 Å². The molecule has 0 bridgehead atoms. The zero-order valence-electron chi connectivity index (χ0n) is 17.9. The summed E-state index contributed by atoms with van der Waals surface area (Å²) in [6.07, 6.45) is 4.17. The molecule has 0 radical (unpaired) electrons. The normalized spacial score (nSPS) is 14.8. The minimum Gasteiger partial charge on any atom is -0.497 e. The minimum absolute atomic E-state index is 0.283. The lowest BCUT2D eigenvalue weighted by Crippen LogP contribution is -2.40. The Morgan fingerprint density at radius 2 is 1.79 bits per heavy atom. The summed E-state index contributed by atoms with van der Waals surface area (Å²) < 4.78 is 32.7. The SMILES string of the molecule is CCCCC(C=O)(CC)C(C)S(=O)(=O)c1ccc(OC)cc1Cc1ccccc1. The largest absolute Gasteiger partial charge is 0.497 e. The number of unbranched alkanes of at least 4 members (excludes halogenated alkanes) is 1. The molecule has 4 nitrogen and oxygen atoms in total. The lowest BCUT2D eigenvalue weighted by molar-refractivity contribution is -0.116. The predicted octanol–water partition coefficient (Wildman–Crippen LogP) is 5.23. The molecule has 0 N–H and O–H groups in total. The van der Waals surface area contributed by atoms with Crippen LogP contribution in [0.2, 0.25) is 0 Å². The first-order valence-electron chi connectivity index (χ1n) is 10.3. The summed E-state index contributed by atoms with van der Waals surface area (Å²) in [6.45, 7) is 5.63. The fraction of sp³-hybridized carbons (Fsp3) is 0.458. The van der Waals surface area contributed by atoms with Crippen LogP contribution in [0.4, 0.5) is 0 Å². The topological polar surface area (TPSA) is 60.4 Å². The summed E-state index contributed by atoms with van der Waals surface area (Å²) in [5, 5.41) is -0.799. The third-order valence-electron chi connectivity index (χ3n) is 5.98. The van der Waals surface area contributed by atoms with E-state index in [1.165, 1.54) is 0 Å². The predicted molar refractivity (Wildman–Crippen MR) is 117 cm³/mol. The maximum absolute atomic E-state index is 13.7. The van der Waals surface area contributed by atoms with Crippen LogP contribution in [0.15, 0.2) is 53.4 Å². The third-order valence-corrected chi connectivity index (χ3v) is 8.39. The van der Waals surface area contributed by atoms with E-state index in [0.29, 0.717) is 30.6 Å². The third kappa shape index (κ3) is 5.08. The molecule has 0 aliphatic carbocycles. The Morgan fingerprint density at radius 1 is 1.10 bits per heavy atom. The molecule has 0 aliphatic heterocycles. The van der Waals surface area contributed by atoms with Crippen molar-refractivity contribution < 1.29 is 17.9 Å². The smallest absolute Gasteiger partial charge is 0.182 e. The lowest BCUT2D eigenvalue weighted by atomic mass is 9.79. The van der Waals surface area contributed by atoms with Crippen LogP contribution in [0, 0.1) is 5.41 Å². The molecular weight excluding hydrogens is 384 g/mol. The number of rotatable bonds is 11. The minimum atomic E-state index is -3.71. The van der Waals surface area contributed by atoms with Gasteiger partial charge in [-0.25, -0.2) is 8.42 Å². The second kappa shape index (κ2) is 10.1. The zero-order valence-corrected chi connectivity index (χ0v) is 18.7. The maximum Gasteiger partial charge on any atom is 0.182 e. The molecule has 0 saturated heterocycles. The van der Waals surface area contributed by atoms with E-state index < -0.39 is 20.5 Å². The van der Waals surface area contributed by atoms with E-state index >= 15 is 0 Å². The molecule has 0 heterocycles. The van der Waals surface area contributed by atoms with Crippen LogP contribution in [-0.4, -0.2) is 27.1 Å². The van der Waals surface area contributed by atoms with Crippen molar-refractivity contribution in [3.05, 3.63) is 59.7 Å². The van der Waals surface area contributed by atoms with E-state index in [9.17, 15) is 13.2 Å². The Hall–Kier alpha value is -2.14. The number of ether oxygens (including phenoxy) is 1. The monoisotopic (exact) mass is 416 g/mol. The molecule has 0 aliphatic rings. The summed E-state index contributed by atoms with van der Waals surface area (Å²) in [7, 11) is -2.15. The molecule has 2 aromatic carbocycles. The van der Waals surface area contributed by atoms with Crippen LogP contribution < -0.4 is 4.74 Å². The molecular formula is C24H32O4S. The number of carbonyl (C=O) groups excluding carboxylic acids is 1. The Morgan fingerprint density at radius 3 is 2.34 bits per heavy atom. The standard InChI is InChI=1S/C24H32O4S/c1-5-7-15-24(6-2,18-25)19(3)29(26,27)23-14-13-22(28-4)17-21(23)16-20-11-9-8-10-12-20/h8-14,17-19H,5-7,15-16H2,1-4H3. The molecule has 29 heavy (non-hydrogen) atoms. The fourth-order valence-electron chi connectivity index (χ4n) is 3.83. The highest BCUT2D eigenvalue weighted by molar-refractivity contribution is 7.92. The second-order valence-electron chi connectivity index (χ2n) is 7.63. The fourth-order valence-corrected chi connectivity index (χ4v) is 5.92. The van der Waals surface area contributed by atoms with Crippen LogP contribution in [0.3, 0.4) is 0 Å². The van der Waals surface area contributed by atoms with Crippen molar-refractivity contribution in [2.75, 3.05) is 7.11 Å². The number of hydrogen-bond acceptors (Lipinski definition) is 4. The summed E-state index contributed by atoms with van der Waals surface area (Å²) >= 11 is 0. The van der Waals surface area contributed by atoms with Gasteiger partial charge in [0.25, 0.3) is 0 Å². The van der Waals surface area contributed by atoms with E-state index in [1.54, 1.807) is 32.2 Å². The number of benzene rings is 2. The first kappa shape index (κ1) is 23.1. The summed E-state index contributed by atoms with van der Waals surface area (Å²) in [6, 6.07) is 14.8. The molecule has 2 rings (SSSR count). The number of methoxy groups -OCH3 is 1. The van der Waals surface area contributed by atoms with Crippen LogP contribution in [0.5, 0.6) is 5.75 Å². The van der Waals surface area contributed by atoms with Gasteiger partial charge < -0.3 is 9.53 Å². The van der Waals surface area contributed by atoms with Gasteiger partial charge in [-0.2, -0.15) is 0 Å². The molecule has 0 fully saturated rings. The molecule has 2 atom stereocenters. The van der Waals surface area contributed by atoms with Gasteiger partial charge in [0.1, 0.15) is 12.0 Å². The van der Waals surface area contributed by atoms with Gasteiger partial charge >= 0.3 is 0 Å². The van der Waals surface area contributed by atoms with Gasteiger partial charge in [-0.05, 0) is 55.5 Å². The molecule has 2 aromatic rings. The Balaban J connectivity index is 2.54. The van der Waals surface area contributed by atoms with Gasteiger partial charge in [-0.15, -0.1) is 0 Å². The van der Waals surface area contributed by atoms with Crippen molar-refractivity contribution in [3.63, 3.8) is 0 Å². The quantitative estimate of drug-likeness (QED) is 0.470. The highest BCUT2D eigenvalue weighted by atomic mass is 32.2. The Kier molecular flexibility index (Phi) is 8.03. The molecule has 158 valence electrons. The van der Waals surface area contributed by atoms with Crippen molar-refractivity contribution in [3.8, 4) is 5.75 Å². The van der Waals surface area contributed by atoms with Crippen LogP contribution in [-0.2, 0) is 21.1 Å². The number of sulfone groups is 1. The van der Waals surface area contributed by atoms with E-state index in [4.69, 9.17) is 4.74 Å². The van der Waals surface area contributed by atoms with Crippen LogP contribution in [0.25, 0.3) is 0 Å². The molecule has 5 heteroatoms. The van der Waals surface area contributed by atoms with Crippen molar-refractivity contribution in [1.82, 2.24) is 0 Å². The van der Waals surface area contributed by atoms with Crippen LogP contribution >= 0.6 is 0 Å². The van der Waals surface area contributed by atoms with E-state index in [0.717, 1.165) is 24.7 Å². The molecule has 0 amide bonds. The Bertz CT molecular complexity index is 906.